The van der Waals surface area contributed by atoms with Crippen molar-refractivity contribution in [3.8, 4) is 16.3 Å². The van der Waals surface area contributed by atoms with Gasteiger partial charge < -0.3 is 19.5 Å². The Morgan fingerprint density at radius 1 is 1.26 bits per heavy atom. The Morgan fingerprint density at radius 2 is 1.96 bits per heavy atom. The zero-order valence-electron chi connectivity index (χ0n) is 15.7. The SMILES string of the molecule is Cc1cnc(-c2cc(OC3CN(C(=O)OC(C)(C)C)C3)cc(C(=O)O)c2)s1. The zero-order valence-corrected chi connectivity index (χ0v) is 16.5. The number of hydrogen-bond acceptors (Lipinski definition) is 6. The third-order valence-electron chi connectivity index (χ3n) is 3.82. The minimum Gasteiger partial charge on any atom is -0.487 e. The van der Waals surface area contributed by atoms with E-state index >= 15 is 0 Å². The molecule has 8 heteroatoms. The molecule has 2 aromatic rings. The number of benzene rings is 1. The van der Waals surface area contributed by atoms with Crippen LogP contribution in [0.5, 0.6) is 5.75 Å². The Kier molecular flexibility index (Phi) is 5.10. The normalized spacial score (nSPS) is 14.6. The highest BCUT2D eigenvalue weighted by molar-refractivity contribution is 7.14. The highest BCUT2D eigenvalue weighted by atomic mass is 32.1. The molecule has 0 spiro atoms. The van der Waals surface area contributed by atoms with Gasteiger partial charge >= 0.3 is 12.1 Å². The summed E-state index contributed by atoms with van der Waals surface area (Å²) in [4.78, 5) is 30.3. The number of hydrogen-bond donors (Lipinski definition) is 1. The second-order valence-electron chi connectivity index (χ2n) is 7.45. The van der Waals surface area contributed by atoms with Crippen molar-refractivity contribution in [3.05, 3.63) is 34.8 Å². The lowest BCUT2D eigenvalue weighted by Crippen LogP contribution is -2.57. The molecule has 0 aliphatic carbocycles. The van der Waals surface area contributed by atoms with Gasteiger partial charge in [-0.15, -0.1) is 11.3 Å². The van der Waals surface area contributed by atoms with Crippen LogP contribution in [0.3, 0.4) is 0 Å². The maximum absolute atomic E-state index is 12.0. The van der Waals surface area contributed by atoms with Crippen molar-refractivity contribution in [2.45, 2.75) is 39.4 Å². The molecule has 1 aromatic carbocycles. The molecule has 1 fully saturated rings. The van der Waals surface area contributed by atoms with Crippen molar-refractivity contribution in [1.82, 2.24) is 9.88 Å². The average molecular weight is 390 g/mol. The summed E-state index contributed by atoms with van der Waals surface area (Å²) in [6.45, 7) is 8.20. The highest BCUT2D eigenvalue weighted by Gasteiger charge is 2.35. The monoisotopic (exact) mass is 390 g/mol. The van der Waals surface area contributed by atoms with Crippen LogP contribution < -0.4 is 4.74 Å². The van der Waals surface area contributed by atoms with Gasteiger partial charge in [0.25, 0.3) is 0 Å². The summed E-state index contributed by atoms with van der Waals surface area (Å²) < 4.78 is 11.2. The Hall–Kier alpha value is -2.61. The van der Waals surface area contributed by atoms with Crippen LogP contribution in [0.4, 0.5) is 4.79 Å². The molecule has 2 heterocycles. The summed E-state index contributed by atoms with van der Waals surface area (Å²) in [5.74, 6) is -0.578. The third kappa shape index (κ3) is 4.77. The summed E-state index contributed by atoms with van der Waals surface area (Å²) in [7, 11) is 0. The Labute approximate surface area is 161 Å². The molecule has 0 unspecified atom stereocenters. The lowest BCUT2D eigenvalue weighted by Gasteiger charge is -2.39. The van der Waals surface area contributed by atoms with Crippen LogP contribution in [0, 0.1) is 6.92 Å². The molecule has 3 rings (SSSR count). The maximum Gasteiger partial charge on any atom is 0.410 e. The van der Waals surface area contributed by atoms with Gasteiger partial charge in [0.05, 0.1) is 18.7 Å². The van der Waals surface area contributed by atoms with Crippen molar-refractivity contribution in [2.24, 2.45) is 0 Å². The van der Waals surface area contributed by atoms with E-state index in [1.54, 1.807) is 23.2 Å². The molecule has 27 heavy (non-hydrogen) atoms. The lowest BCUT2D eigenvalue weighted by atomic mass is 10.1. The quantitative estimate of drug-likeness (QED) is 0.854. The number of carbonyl (C=O) groups excluding carboxylic acids is 1. The third-order valence-corrected chi connectivity index (χ3v) is 4.79. The number of amides is 1. The lowest BCUT2D eigenvalue weighted by molar-refractivity contribution is -0.0221. The fraction of sp³-hybridized carbons (Fsp3) is 0.421. The number of likely N-dealkylation sites (tertiary alicyclic amines) is 1. The van der Waals surface area contributed by atoms with Gasteiger partial charge in [-0.1, -0.05) is 0 Å². The van der Waals surface area contributed by atoms with Gasteiger partial charge in [-0.3, -0.25) is 0 Å². The van der Waals surface area contributed by atoms with Crippen LogP contribution in [0.1, 0.15) is 36.0 Å². The van der Waals surface area contributed by atoms with E-state index in [4.69, 9.17) is 9.47 Å². The standard InChI is InChI=1S/C19H22N2O5S/c1-11-8-20-16(27-11)12-5-13(17(22)23)7-14(6-12)25-15-9-21(10-15)18(24)26-19(2,3)4/h5-8,15H,9-10H2,1-4H3,(H,22,23). The first-order chi connectivity index (χ1) is 12.6. The first kappa shape index (κ1) is 19.2. The number of ether oxygens (including phenoxy) is 2. The minimum absolute atomic E-state index is 0.138. The number of aromatic carboxylic acids is 1. The van der Waals surface area contributed by atoms with Crippen molar-refractivity contribution in [2.75, 3.05) is 13.1 Å². The molecule has 0 radical (unpaired) electrons. The van der Waals surface area contributed by atoms with Gasteiger partial charge in [-0.05, 0) is 45.9 Å². The number of aromatic nitrogens is 1. The van der Waals surface area contributed by atoms with E-state index in [-0.39, 0.29) is 17.8 Å². The fourth-order valence-corrected chi connectivity index (χ4v) is 3.33. The number of nitrogens with zero attached hydrogens (tertiary/aromatic N) is 2. The van der Waals surface area contributed by atoms with Gasteiger partial charge in [-0.2, -0.15) is 0 Å². The molecule has 0 saturated carbocycles. The summed E-state index contributed by atoms with van der Waals surface area (Å²) in [5.41, 5.74) is 0.296. The van der Waals surface area contributed by atoms with Crippen LogP contribution in [-0.2, 0) is 4.74 Å². The zero-order chi connectivity index (χ0) is 19.8. The Bertz CT molecular complexity index is 865. The van der Waals surface area contributed by atoms with Crippen LogP contribution in [0.15, 0.2) is 24.4 Å². The summed E-state index contributed by atoms with van der Waals surface area (Å²) in [6, 6.07) is 4.85. The molecular weight excluding hydrogens is 368 g/mol. The molecule has 7 nitrogen and oxygen atoms in total. The molecule has 1 N–H and O–H groups in total. The largest absolute Gasteiger partial charge is 0.487 e. The van der Waals surface area contributed by atoms with Gasteiger partial charge in [-0.25, -0.2) is 14.6 Å². The molecule has 144 valence electrons. The Morgan fingerprint density at radius 3 is 2.52 bits per heavy atom. The molecule has 0 atom stereocenters. The van der Waals surface area contributed by atoms with E-state index < -0.39 is 11.6 Å². The van der Waals surface area contributed by atoms with E-state index in [0.29, 0.717) is 24.4 Å². The van der Waals surface area contributed by atoms with E-state index in [9.17, 15) is 14.7 Å². The first-order valence-corrected chi connectivity index (χ1v) is 9.38. The topological polar surface area (TPSA) is 89.0 Å². The summed E-state index contributed by atoms with van der Waals surface area (Å²) in [5, 5.41) is 10.1. The number of carboxylic acid groups (broad SMARTS) is 1. The molecule has 1 aliphatic heterocycles. The van der Waals surface area contributed by atoms with Gasteiger partial charge in [0.2, 0.25) is 0 Å². The predicted molar refractivity (Wildman–Crippen MR) is 101 cm³/mol. The number of thiazole rings is 1. The van der Waals surface area contributed by atoms with Crippen LogP contribution in [0.2, 0.25) is 0 Å². The van der Waals surface area contributed by atoms with Crippen molar-refractivity contribution in [1.29, 1.82) is 0 Å². The van der Waals surface area contributed by atoms with Crippen molar-refractivity contribution >= 4 is 23.4 Å². The minimum atomic E-state index is -1.03. The molecular formula is C19H22N2O5S. The summed E-state index contributed by atoms with van der Waals surface area (Å²) >= 11 is 1.49. The maximum atomic E-state index is 12.0. The van der Waals surface area contributed by atoms with E-state index in [1.165, 1.54) is 17.4 Å². The smallest absolute Gasteiger partial charge is 0.410 e. The van der Waals surface area contributed by atoms with E-state index in [1.807, 2.05) is 27.7 Å². The van der Waals surface area contributed by atoms with Crippen LogP contribution in [0.25, 0.3) is 10.6 Å². The van der Waals surface area contributed by atoms with E-state index in [0.717, 1.165) is 9.88 Å². The molecule has 1 aliphatic rings. The predicted octanol–water partition coefficient (Wildman–Crippen LogP) is 3.81. The van der Waals surface area contributed by atoms with Gasteiger partial charge in [0.15, 0.2) is 0 Å². The molecule has 1 aromatic heterocycles. The van der Waals surface area contributed by atoms with Crippen molar-refractivity contribution in [3.63, 3.8) is 0 Å². The molecule has 1 amide bonds. The highest BCUT2D eigenvalue weighted by Crippen LogP contribution is 2.30. The van der Waals surface area contributed by atoms with Crippen LogP contribution in [-0.4, -0.2) is 51.8 Å². The molecule has 0 bridgehead atoms. The Balaban J connectivity index is 1.70. The second-order valence-corrected chi connectivity index (χ2v) is 8.69. The first-order valence-electron chi connectivity index (χ1n) is 8.56. The number of aryl methyl sites for hydroxylation is 1. The van der Waals surface area contributed by atoms with Crippen molar-refractivity contribution < 1.29 is 24.2 Å². The van der Waals surface area contributed by atoms with E-state index in [2.05, 4.69) is 4.98 Å². The fourth-order valence-electron chi connectivity index (χ4n) is 2.58. The summed E-state index contributed by atoms with van der Waals surface area (Å²) in [6.07, 6.45) is 1.17. The number of carboxylic acids is 1. The second kappa shape index (κ2) is 7.19. The number of rotatable bonds is 4. The van der Waals surface area contributed by atoms with Gasteiger partial charge in [0, 0.05) is 16.6 Å². The van der Waals surface area contributed by atoms with Crippen LogP contribution >= 0.6 is 11.3 Å². The van der Waals surface area contributed by atoms with Gasteiger partial charge in [0.1, 0.15) is 22.5 Å². The average Bonchev–Trinajstić information content (AvgIpc) is 2.95. The number of carbonyl (C=O) groups is 2. The molecule has 1 saturated heterocycles.